The van der Waals surface area contributed by atoms with Crippen molar-refractivity contribution in [2.24, 2.45) is 0 Å². The lowest BCUT2D eigenvalue weighted by molar-refractivity contribution is 0.937. The summed E-state index contributed by atoms with van der Waals surface area (Å²) >= 11 is 17.9. The van der Waals surface area contributed by atoms with Crippen LogP contribution in [0.4, 0.5) is 5.95 Å². The molecule has 21 heavy (non-hydrogen) atoms. The van der Waals surface area contributed by atoms with Gasteiger partial charge in [-0.25, -0.2) is 4.52 Å². The van der Waals surface area contributed by atoms with Crippen molar-refractivity contribution in [2.75, 3.05) is 11.9 Å². The number of benzene rings is 1. The van der Waals surface area contributed by atoms with Crippen LogP contribution in [0.5, 0.6) is 0 Å². The van der Waals surface area contributed by atoms with Gasteiger partial charge in [0.2, 0.25) is 5.95 Å². The van der Waals surface area contributed by atoms with E-state index in [1.165, 1.54) is 0 Å². The third-order valence-electron chi connectivity index (χ3n) is 2.99. The zero-order chi connectivity index (χ0) is 14.8. The second kappa shape index (κ2) is 6.10. The molecule has 0 aliphatic heterocycles. The van der Waals surface area contributed by atoms with Gasteiger partial charge in [0.05, 0.1) is 5.02 Å². The van der Waals surface area contributed by atoms with Crippen LogP contribution in [0.25, 0.3) is 5.65 Å². The molecule has 1 aromatic carbocycles. The molecule has 3 rings (SSSR count). The Morgan fingerprint density at radius 3 is 2.67 bits per heavy atom. The van der Waals surface area contributed by atoms with Crippen LogP contribution in [-0.4, -0.2) is 21.1 Å². The van der Waals surface area contributed by atoms with E-state index < -0.39 is 0 Å². The Morgan fingerprint density at radius 2 is 1.86 bits per heavy atom. The van der Waals surface area contributed by atoms with Crippen LogP contribution in [0.15, 0.2) is 36.5 Å². The summed E-state index contributed by atoms with van der Waals surface area (Å²) < 4.78 is 1.64. The molecule has 2 aromatic heterocycles. The molecule has 0 aliphatic rings. The maximum Gasteiger partial charge on any atom is 0.243 e. The Labute approximate surface area is 136 Å². The lowest BCUT2D eigenvalue weighted by Crippen LogP contribution is -2.06. The van der Waals surface area contributed by atoms with Gasteiger partial charge in [0.15, 0.2) is 5.65 Å². The molecule has 0 saturated heterocycles. The number of aromatic nitrogens is 3. The number of nitrogens with one attached hydrogen (secondary N) is 1. The molecule has 0 radical (unpaired) electrons. The van der Waals surface area contributed by atoms with Gasteiger partial charge in [-0.05, 0) is 36.2 Å². The van der Waals surface area contributed by atoms with Crippen LogP contribution >= 0.6 is 34.8 Å². The van der Waals surface area contributed by atoms with E-state index in [1.54, 1.807) is 22.8 Å². The largest absolute Gasteiger partial charge is 0.353 e. The van der Waals surface area contributed by atoms with Gasteiger partial charge < -0.3 is 5.32 Å². The van der Waals surface area contributed by atoms with E-state index >= 15 is 0 Å². The van der Waals surface area contributed by atoms with Gasteiger partial charge in [-0.15, -0.1) is 5.10 Å². The predicted molar refractivity (Wildman–Crippen MR) is 86.7 cm³/mol. The van der Waals surface area contributed by atoms with Crippen molar-refractivity contribution in [2.45, 2.75) is 6.42 Å². The maximum absolute atomic E-state index is 6.13. The van der Waals surface area contributed by atoms with Crippen molar-refractivity contribution in [1.29, 1.82) is 0 Å². The summed E-state index contributed by atoms with van der Waals surface area (Å²) in [5.41, 5.74) is 1.77. The quantitative estimate of drug-likeness (QED) is 0.767. The lowest BCUT2D eigenvalue weighted by Gasteiger charge is -2.05. The molecule has 0 fully saturated rings. The Hall–Kier alpha value is -1.49. The summed E-state index contributed by atoms with van der Waals surface area (Å²) in [5, 5.41) is 9.38. The third kappa shape index (κ3) is 3.40. The Kier molecular flexibility index (Phi) is 4.19. The minimum absolute atomic E-state index is 0.558. The van der Waals surface area contributed by atoms with E-state index in [2.05, 4.69) is 15.4 Å². The first kappa shape index (κ1) is 14.4. The third-order valence-corrected chi connectivity index (χ3v) is 3.80. The molecular weight excluding hydrogens is 331 g/mol. The predicted octanol–water partition coefficient (Wildman–Crippen LogP) is 4.34. The molecule has 4 nitrogen and oxygen atoms in total. The number of halogens is 3. The topological polar surface area (TPSA) is 42.2 Å². The molecule has 2 heterocycles. The van der Waals surface area contributed by atoms with E-state index in [0.717, 1.165) is 17.6 Å². The first-order valence-corrected chi connectivity index (χ1v) is 7.45. The van der Waals surface area contributed by atoms with Crippen molar-refractivity contribution in [3.8, 4) is 0 Å². The molecule has 0 saturated carbocycles. The molecule has 0 aliphatic carbocycles. The molecule has 3 aromatic rings. The second-order valence-electron chi connectivity index (χ2n) is 4.50. The number of pyridine rings is 1. The highest BCUT2D eigenvalue weighted by atomic mass is 35.5. The van der Waals surface area contributed by atoms with Crippen LogP contribution in [0.2, 0.25) is 15.1 Å². The van der Waals surface area contributed by atoms with Crippen LogP contribution < -0.4 is 5.32 Å². The fourth-order valence-corrected chi connectivity index (χ4v) is 2.62. The van der Waals surface area contributed by atoms with Crippen molar-refractivity contribution in [3.05, 3.63) is 57.2 Å². The monoisotopic (exact) mass is 340 g/mol. The van der Waals surface area contributed by atoms with Gasteiger partial charge in [0.1, 0.15) is 0 Å². The van der Waals surface area contributed by atoms with Crippen molar-refractivity contribution in [1.82, 2.24) is 14.6 Å². The molecule has 0 unspecified atom stereocenters. The molecular formula is C14H11Cl3N4. The van der Waals surface area contributed by atoms with E-state index in [0.29, 0.717) is 27.6 Å². The summed E-state index contributed by atoms with van der Waals surface area (Å²) in [6.45, 7) is 0.673. The minimum Gasteiger partial charge on any atom is -0.353 e. The molecule has 0 atom stereocenters. The first-order valence-electron chi connectivity index (χ1n) is 6.31. The van der Waals surface area contributed by atoms with Gasteiger partial charge in [-0.2, -0.15) is 4.98 Å². The maximum atomic E-state index is 6.13. The fraction of sp³-hybridized carbons (Fsp3) is 0.143. The Balaban J connectivity index is 1.66. The molecule has 7 heteroatoms. The van der Waals surface area contributed by atoms with Gasteiger partial charge in [-0.1, -0.05) is 40.9 Å². The number of hydrogen-bond donors (Lipinski definition) is 1. The summed E-state index contributed by atoms with van der Waals surface area (Å²) in [5.74, 6) is 0.558. The lowest BCUT2D eigenvalue weighted by atomic mass is 10.1. The van der Waals surface area contributed by atoms with Crippen LogP contribution in [0, 0.1) is 0 Å². The van der Waals surface area contributed by atoms with E-state index in [1.807, 2.05) is 18.2 Å². The smallest absolute Gasteiger partial charge is 0.243 e. The Bertz CT molecular complexity index is 785. The van der Waals surface area contributed by atoms with Gasteiger partial charge >= 0.3 is 0 Å². The summed E-state index contributed by atoms with van der Waals surface area (Å²) in [7, 11) is 0. The average molecular weight is 342 g/mol. The normalized spacial score (nSPS) is 11.0. The van der Waals surface area contributed by atoms with Crippen LogP contribution in [-0.2, 0) is 6.42 Å². The Morgan fingerprint density at radius 1 is 1.05 bits per heavy atom. The highest BCUT2D eigenvalue weighted by molar-refractivity contribution is 6.35. The second-order valence-corrected chi connectivity index (χ2v) is 5.78. The average Bonchev–Trinajstić information content (AvgIpc) is 2.83. The number of rotatable bonds is 4. The minimum atomic E-state index is 0.558. The van der Waals surface area contributed by atoms with E-state index in [9.17, 15) is 0 Å². The zero-order valence-corrected chi connectivity index (χ0v) is 13.1. The molecule has 0 bridgehead atoms. The molecule has 0 amide bonds. The number of fused-ring (bicyclic) bond motifs is 1. The number of hydrogen-bond acceptors (Lipinski definition) is 3. The SMILES string of the molecule is Clc1ccc(CCNc2nc3ccc(Cl)cn3n2)c(Cl)c1. The molecule has 0 spiro atoms. The highest BCUT2D eigenvalue weighted by Gasteiger charge is 2.05. The zero-order valence-electron chi connectivity index (χ0n) is 10.9. The molecule has 1 N–H and O–H groups in total. The first-order chi connectivity index (χ1) is 10.1. The summed E-state index contributed by atoms with van der Waals surface area (Å²) in [6.07, 6.45) is 2.47. The fourth-order valence-electron chi connectivity index (χ4n) is 1.97. The van der Waals surface area contributed by atoms with Crippen LogP contribution in [0.1, 0.15) is 5.56 Å². The van der Waals surface area contributed by atoms with Crippen molar-refractivity contribution in [3.63, 3.8) is 0 Å². The van der Waals surface area contributed by atoms with Crippen molar-refractivity contribution >= 4 is 46.4 Å². The number of nitrogens with zero attached hydrogens (tertiary/aromatic N) is 3. The number of anilines is 1. The van der Waals surface area contributed by atoms with Gasteiger partial charge in [0.25, 0.3) is 0 Å². The van der Waals surface area contributed by atoms with Crippen LogP contribution in [0.3, 0.4) is 0 Å². The van der Waals surface area contributed by atoms with Gasteiger partial charge in [-0.3, -0.25) is 0 Å². The summed E-state index contributed by atoms with van der Waals surface area (Å²) in [4.78, 5) is 4.35. The highest BCUT2D eigenvalue weighted by Crippen LogP contribution is 2.21. The van der Waals surface area contributed by atoms with Crippen molar-refractivity contribution < 1.29 is 0 Å². The standard InChI is InChI=1S/C14H11Cl3N4/c15-10-2-1-9(12(17)7-10)5-6-18-14-19-13-4-3-11(16)8-21(13)20-14/h1-4,7-8H,5-6H2,(H,18,20). The van der Waals surface area contributed by atoms with E-state index in [4.69, 9.17) is 34.8 Å². The molecule has 108 valence electrons. The van der Waals surface area contributed by atoms with Gasteiger partial charge in [0, 0.05) is 22.8 Å². The van der Waals surface area contributed by atoms with E-state index in [-0.39, 0.29) is 0 Å². The summed E-state index contributed by atoms with van der Waals surface area (Å²) in [6, 6.07) is 9.08.